The fourth-order valence-corrected chi connectivity index (χ4v) is 3.90. The van der Waals surface area contributed by atoms with Crippen LogP contribution in [0.3, 0.4) is 0 Å². The lowest BCUT2D eigenvalue weighted by atomic mass is 9.95. The summed E-state index contributed by atoms with van der Waals surface area (Å²) in [6, 6.07) is 12.7. The molecule has 1 aromatic heterocycles. The largest absolute Gasteiger partial charge is 0.497 e. The Balaban J connectivity index is 1.63. The van der Waals surface area contributed by atoms with Crippen molar-refractivity contribution in [3.63, 3.8) is 0 Å². The SMILES string of the molecule is COc1ccc([C@H](NC(=O)c2ccc3c(=O)n4c(nc3c2)CCC4)C(C)C)cc1. The van der Waals surface area contributed by atoms with Crippen LogP contribution in [0.1, 0.15) is 48.1 Å². The number of nitrogens with one attached hydrogen (secondary N) is 1. The molecular weight excluding hydrogens is 366 g/mol. The minimum atomic E-state index is -0.177. The molecule has 150 valence electrons. The van der Waals surface area contributed by atoms with E-state index in [0.717, 1.165) is 36.5 Å². The van der Waals surface area contributed by atoms with Crippen LogP contribution in [0.15, 0.2) is 47.3 Å². The molecule has 1 N–H and O–H groups in total. The second-order valence-corrected chi connectivity index (χ2v) is 7.79. The molecule has 0 radical (unpaired) electrons. The molecule has 0 unspecified atom stereocenters. The van der Waals surface area contributed by atoms with Gasteiger partial charge in [0.15, 0.2) is 0 Å². The van der Waals surface area contributed by atoms with Gasteiger partial charge < -0.3 is 10.1 Å². The Morgan fingerprint density at radius 3 is 2.62 bits per heavy atom. The molecule has 2 heterocycles. The number of carbonyl (C=O) groups is 1. The van der Waals surface area contributed by atoms with Crippen LogP contribution >= 0.6 is 0 Å². The highest BCUT2D eigenvalue weighted by Gasteiger charge is 2.21. The van der Waals surface area contributed by atoms with Crippen LogP contribution in [-0.4, -0.2) is 22.6 Å². The van der Waals surface area contributed by atoms with Gasteiger partial charge in [-0.15, -0.1) is 0 Å². The third-order valence-corrected chi connectivity index (χ3v) is 5.51. The number of rotatable bonds is 5. The van der Waals surface area contributed by atoms with Crippen LogP contribution in [0.4, 0.5) is 0 Å². The van der Waals surface area contributed by atoms with Gasteiger partial charge in [-0.3, -0.25) is 14.2 Å². The molecule has 0 bridgehead atoms. The van der Waals surface area contributed by atoms with Crippen molar-refractivity contribution in [2.24, 2.45) is 5.92 Å². The molecule has 0 fully saturated rings. The zero-order valence-electron chi connectivity index (χ0n) is 16.9. The van der Waals surface area contributed by atoms with Gasteiger partial charge in [-0.2, -0.15) is 0 Å². The topological polar surface area (TPSA) is 73.2 Å². The summed E-state index contributed by atoms with van der Waals surface area (Å²) in [5.74, 6) is 1.61. The maximum Gasteiger partial charge on any atom is 0.261 e. The van der Waals surface area contributed by atoms with Gasteiger partial charge in [0.05, 0.1) is 24.1 Å². The highest BCUT2D eigenvalue weighted by Crippen LogP contribution is 2.25. The van der Waals surface area contributed by atoms with Crippen LogP contribution in [0.5, 0.6) is 5.75 Å². The maximum atomic E-state index is 13.0. The normalized spacial score (nSPS) is 14.1. The molecule has 0 saturated carbocycles. The number of aryl methyl sites for hydroxylation is 1. The quantitative estimate of drug-likeness (QED) is 0.723. The first-order valence-electron chi connectivity index (χ1n) is 9.96. The lowest BCUT2D eigenvalue weighted by Crippen LogP contribution is -2.31. The predicted molar refractivity (Wildman–Crippen MR) is 112 cm³/mol. The van der Waals surface area contributed by atoms with E-state index in [1.807, 2.05) is 24.3 Å². The number of fused-ring (bicyclic) bond motifs is 2. The lowest BCUT2D eigenvalue weighted by molar-refractivity contribution is 0.0925. The van der Waals surface area contributed by atoms with E-state index in [0.29, 0.717) is 16.5 Å². The van der Waals surface area contributed by atoms with E-state index in [4.69, 9.17) is 4.74 Å². The number of nitrogens with zero attached hydrogens (tertiary/aromatic N) is 2. The number of benzene rings is 2. The van der Waals surface area contributed by atoms with Crippen LogP contribution < -0.4 is 15.6 Å². The molecule has 0 saturated heterocycles. The number of amides is 1. The summed E-state index contributed by atoms with van der Waals surface area (Å²) in [7, 11) is 1.63. The minimum absolute atomic E-state index is 0.0206. The van der Waals surface area contributed by atoms with Crippen LogP contribution in [0.2, 0.25) is 0 Å². The first kappa shape index (κ1) is 19.2. The number of methoxy groups -OCH3 is 1. The van der Waals surface area contributed by atoms with Crippen LogP contribution in [0, 0.1) is 5.92 Å². The van der Waals surface area contributed by atoms with Gasteiger partial charge >= 0.3 is 0 Å². The number of aromatic nitrogens is 2. The summed E-state index contributed by atoms with van der Waals surface area (Å²) >= 11 is 0. The molecular formula is C23H25N3O3. The van der Waals surface area contributed by atoms with Gasteiger partial charge in [-0.1, -0.05) is 26.0 Å². The molecule has 2 aromatic carbocycles. The average molecular weight is 391 g/mol. The van der Waals surface area contributed by atoms with E-state index >= 15 is 0 Å². The highest BCUT2D eigenvalue weighted by atomic mass is 16.5. The molecule has 1 aliphatic heterocycles. The molecule has 0 spiro atoms. The Labute approximate surface area is 169 Å². The summed E-state index contributed by atoms with van der Waals surface area (Å²) in [5, 5.41) is 3.69. The van der Waals surface area contributed by atoms with E-state index in [-0.39, 0.29) is 23.4 Å². The number of hydrogen-bond acceptors (Lipinski definition) is 4. The lowest BCUT2D eigenvalue weighted by Gasteiger charge is -2.23. The Kier molecular flexibility index (Phi) is 5.09. The first-order chi connectivity index (χ1) is 14.0. The molecule has 3 aromatic rings. The Morgan fingerprint density at radius 2 is 1.93 bits per heavy atom. The molecule has 6 nitrogen and oxygen atoms in total. The maximum absolute atomic E-state index is 13.0. The van der Waals surface area contributed by atoms with Gasteiger partial charge in [0.25, 0.3) is 11.5 Å². The van der Waals surface area contributed by atoms with E-state index < -0.39 is 0 Å². The predicted octanol–water partition coefficient (Wildman–Crippen LogP) is 3.48. The minimum Gasteiger partial charge on any atom is -0.497 e. The van der Waals surface area contributed by atoms with Gasteiger partial charge in [0.1, 0.15) is 11.6 Å². The molecule has 0 aliphatic carbocycles. The van der Waals surface area contributed by atoms with Crippen LogP contribution in [-0.2, 0) is 13.0 Å². The smallest absolute Gasteiger partial charge is 0.261 e. The fraction of sp³-hybridized carbons (Fsp3) is 0.348. The van der Waals surface area contributed by atoms with E-state index in [1.165, 1.54) is 0 Å². The molecule has 6 heteroatoms. The van der Waals surface area contributed by atoms with Crippen molar-refractivity contribution in [2.45, 2.75) is 39.3 Å². The monoisotopic (exact) mass is 391 g/mol. The highest BCUT2D eigenvalue weighted by molar-refractivity contribution is 5.97. The summed E-state index contributed by atoms with van der Waals surface area (Å²) in [6.45, 7) is 4.86. The Bertz CT molecular complexity index is 1120. The van der Waals surface area contributed by atoms with Gasteiger partial charge in [-0.25, -0.2) is 4.98 Å². The first-order valence-corrected chi connectivity index (χ1v) is 9.96. The summed E-state index contributed by atoms with van der Waals surface area (Å²) in [4.78, 5) is 30.2. The number of hydrogen-bond donors (Lipinski definition) is 1. The van der Waals surface area contributed by atoms with Gasteiger partial charge in [0, 0.05) is 18.5 Å². The second kappa shape index (κ2) is 7.70. The van der Waals surface area contributed by atoms with E-state index in [2.05, 4.69) is 24.1 Å². The van der Waals surface area contributed by atoms with Crippen molar-refractivity contribution in [3.8, 4) is 5.75 Å². The molecule has 1 amide bonds. The molecule has 4 rings (SSSR count). The number of ether oxygens (including phenoxy) is 1. The van der Waals surface area contributed by atoms with E-state index in [1.54, 1.807) is 29.9 Å². The van der Waals surface area contributed by atoms with Crippen molar-refractivity contribution in [2.75, 3.05) is 7.11 Å². The standard InChI is InChI=1S/C23H25N3O3/c1-14(2)21(15-6-9-17(29-3)10-7-15)25-22(27)16-8-11-18-19(13-16)24-20-5-4-12-26(20)23(18)28/h6-11,13-14,21H,4-5,12H2,1-3H3,(H,25,27)/t21-/m1/s1. The molecule has 1 atom stereocenters. The van der Waals surface area contributed by atoms with Crippen molar-refractivity contribution in [3.05, 3.63) is 69.8 Å². The molecule has 1 aliphatic rings. The Hall–Kier alpha value is -3.15. The van der Waals surface area contributed by atoms with Crippen molar-refractivity contribution in [1.29, 1.82) is 0 Å². The fourth-order valence-electron chi connectivity index (χ4n) is 3.90. The third-order valence-electron chi connectivity index (χ3n) is 5.51. The second-order valence-electron chi connectivity index (χ2n) is 7.79. The zero-order valence-corrected chi connectivity index (χ0v) is 16.9. The van der Waals surface area contributed by atoms with Gasteiger partial charge in [-0.05, 0) is 48.2 Å². The van der Waals surface area contributed by atoms with Gasteiger partial charge in [0.2, 0.25) is 0 Å². The van der Waals surface area contributed by atoms with Crippen molar-refractivity contribution < 1.29 is 9.53 Å². The van der Waals surface area contributed by atoms with Crippen molar-refractivity contribution >= 4 is 16.8 Å². The summed E-state index contributed by atoms with van der Waals surface area (Å²) in [6.07, 6.45) is 1.73. The van der Waals surface area contributed by atoms with E-state index in [9.17, 15) is 9.59 Å². The zero-order chi connectivity index (χ0) is 20.5. The average Bonchev–Trinajstić information content (AvgIpc) is 3.20. The van der Waals surface area contributed by atoms with Crippen LogP contribution in [0.25, 0.3) is 10.9 Å². The third kappa shape index (κ3) is 3.62. The number of carbonyl (C=O) groups excluding carboxylic acids is 1. The van der Waals surface area contributed by atoms with Crippen molar-refractivity contribution in [1.82, 2.24) is 14.9 Å². The summed E-state index contributed by atoms with van der Waals surface area (Å²) < 4.78 is 6.96. The Morgan fingerprint density at radius 1 is 1.17 bits per heavy atom. The summed E-state index contributed by atoms with van der Waals surface area (Å²) in [5.41, 5.74) is 2.09. The molecule has 29 heavy (non-hydrogen) atoms.